The first kappa shape index (κ1) is 35.1. The molecule has 0 radical (unpaired) electrons. The molecule has 0 fully saturated rings. The van der Waals surface area contributed by atoms with Gasteiger partial charge in [-0.15, -0.1) is 0 Å². The summed E-state index contributed by atoms with van der Waals surface area (Å²) in [6.45, 7) is 9.71. The lowest BCUT2D eigenvalue weighted by atomic mass is 9.79. The molecule has 14 rings (SSSR count). The van der Waals surface area contributed by atoms with Crippen LogP contribution in [0.3, 0.4) is 0 Å². The quantitative estimate of drug-likeness (QED) is 0.163. The van der Waals surface area contributed by atoms with Crippen LogP contribution in [-0.4, -0.2) is 9.55 Å². The number of rotatable bonds is 3. The summed E-state index contributed by atoms with van der Waals surface area (Å²) in [5.41, 5.74) is 17.6. The monoisotopic (exact) mass is 802 g/mol. The van der Waals surface area contributed by atoms with E-state index in [2.05, 4.69) is 214 Å². The first-order valence-electron chi connectivity index (χ1n) is 22.3. The summed E-state index contributed by atoms with van der Waals surface area (Å²) in [4.78, 5) is 5.33. The minimum absolute atomic E-state index is 0.132. The number of benzene rings is 11. The molecule has 63 heavy (non-hydrogen) atoms. The average molecular weight is 803 g/mol. The van der Waals surface area contributed by atoms with Gasteiger partial charge in [0, 0.05) is 22.1 Å². The zero-order chi connectivity index (χ0) is 41.9. The van der Waals surface area contributed by atoms with Crippen LogP contribution in [0, 0.1) is 0 Å². The molecule has 0 amide bonds. The Morgan fingerprint density at radius 3 is 1.86 bits per heavy atom. The normalized spacial score (nSPS) is 14.6. The molecule has 11 aromatic carbocycles. The van der Waals surface area contributed by atoms with Gasteiger partial charge in [-0.3, -0.25) is 4.57 Å². The number of para-hydroxylation sites is 2. The summed E-state index contributed by atoms with van der Waals surface area (Å²) in [5, 5.41) is 13.0. The molecule has 2 nitrogen and oxygen atoms in total. The Morgan fingerprint density at radius 2 is 1.00 bits per heavy atom. The fraction of sp³-hybridized carbons (Fsp3) is 0.0984. The van der Waals surface area contributed by atoms with Crippen molar-refractivity contribution in [3.8, 4) is 50.5 Å². The minimum atomic E-state index is -0.188. The van der Waals surface area contributed by atoms with Crippen LogP contribution in [0.2, 0.25) is 0 Å². The molecular formula is C61H42N2. The third-order valence-corrected chi connectivity index (χ3v) is 15.1. The zero-order valence-electron chi connectivity index (χ0n) is 35.7. The van der Waals surface area contributed by atoms with Gasteiger partial charge in [0.25, 0.3) is 0 Å². The molecule has 0 aliphatic heterocycles. The fourth-order valence-corrected chi connectivity index (χ4v) is 11.9. The van der Waals surface area contributed by atoms with E-state index in [0.29, 0.717) is 0 Å². The predicted octanol–water partition coefficient (Wildman–Crippen LogP) is 16.2. The summed E-state index contributed by atoms with van der Waals surface area (Å²) >= 11 is 0. The maximum Gasteiger partial charge on any atom is 0.146 e. The topological polar surface area (TPSA) is 17.8 Å². The minimum Gasteiger partial charge on any atom is -0.292 e. The van der Waals surface area contributed by atoms with E-state index in [4.69, 9.17) is 4.98 Å². The number of fused-ring (bicyclic) bond motifs is 10. The third kappa shape index (κ3) is 4.60. The van der Waals surface area contributed by atoms with Gasteiger partial charge < -0.3 is 0 Å². The van der Waals surface area contributed by atoms with Crippen LogP contribution in [0.15, 0.2) is 182 Å². The molecule has 2 heteroatoms. The Morgan fingerprint density at radius 1 is 0.381 bits per heavy atom. The molecule has 1 heterocycles. The van der Waals surface area contributed by atoms with Crippen LogP contribution in [0.1, 0.15) is 49.9 Å². The lowest BCUT2D eigenvalue weighted by Crippen LogP contribution is -2.17. The van der Waals surface area contributed by atoms with Gasteiger partial charge >= 0.3 is 0 Å². The molecular weight excluding hydrogens is 761 g/mol. The van der Waals surface area contributed by atoms with E-state index in [1.54, 1.807) is 0 Å². The molecule has 2 aliphatic carbocycles. The van der Waals surface area contributed by atoms with Crippen molar-refractivity contribution in [1.29, 1.82) is 0 Å². The summed E-state index contributed by atoms with van der Waals surface area (Å²) in [6.07, 6.45) is 0. The largest absolute Gasteiger partial charge is 0.292 e. The fourth-order valence-electron chi connectivity index (χ4n) is 11.9. The van der Waals surface area contributed by atoms with Crippen LogP contribution < -0.4 is 0 Å². The standard InChI is InChI=1S/C61H42N2/c1-60(2)50-31-39(42-28-29-46(44-17-8-7-16-43(42)44)59-62-54-18-9-10-19-55(54)63(59)41-25-22-35-12-5-6-13-38(35)30-41)24-26-45(50)48-33-52-49(34-51(48)60)58-47-27-23-37-15-11-14-36-20-21-40(57(47)56(36)37)32-53(58)61(52,3)4/h5-34H,1-4H3. The number of hydrogen-bond acceptors (Lipinski definition) is 1. The van der Waals surface area contributed by atoms with Gasteiger partial charge in [-0.25, -0.2) is 4.98 Å². The highest BCUT2D eigenvalue weighted by atomic mass is 15.1. The van der Waals surface area contributed by atoms with Crippen LogP contribution in [0.5, 0.6) is 0 Å². The Kier molecular flexibility index (Phi) is 6.73. The van der Waals surface area contributed by atoms with Crippen molar-refractivity contribution in [2.75, 3.05) is 0 Å². The molecule has 0 unspecified atom stereocenters. The van der Waals surface area contributed by atoms with E-state index < -0.39 is 0 Å². The summed E-state index contributed by atoms with van der Waals surface area (Å²) in [7, 11) is 0. The molecule has 0 atom stereocenters. The van der Waals surface area contributed by atoms with E-state index in [9.17, 15) is 0 Å². The lowest BCUT2D eigenvalue weighted by molar-refractivity contribution is 0.652. The number of nitrogens with zero attached hydrogens (tertiary/aromatic N) is 2. The summed E-state index contributed by atoms with van der Waals surface area (Å²) in [5.74, 6) is 0.948. The van der Waals surface area contributed by atoms with Crippen LogP contribution >= 0.6 is 0 Å². The highest BCUT2D eigenvalue weighted by Crippen LogP contribution is 2.59. The Hall–Kier alpha value is -7.55. The zero-order valence-corrected chi connectivity index (χ0v) is 35.7. The van der Waals surface area contributed by atoms with Crippen LogP contribution in [0.25, 0.3) is 115 Å². The highest BCUT2D eigenvalue weighted by molar-refractivity contribution is 6.26. The lowest BCUT2D eigenvalue weighted by Gasteiger charge is -2.24. The van der Waals surface area contributed by atoms with E-state index >= 15 is 0 Å². The maximum absolute atomic E-state index is 5.33. The molecule has 296 valence electrons. The van der Waals surface area contributed by atoms with E-state index in [0.717, 1.165) is 28.1 Å². The number of hydrogen-bond donors (Lipinski definition) is 0. The van der Waals surface area contributed by atoms with Crippen molar-refractivity contribution in [3.05, 3.63) is 204 Å². The van der Waals surface area contributed by atoms with Gasteiger partial charge in [0.2, 0.25) is 0 Å². The average Bonchev–Trinajstić information content (AvgIpc) is 3.89. The Labute approximate surface area is 366 Å². The molecule has 0 spiro atoms. The van der Waals surface area contributed by atoms with Gasteiger partial charge in [-0.2, -0.15) is 0 Å². The maximum atomic E-state index is 5.33. The number of aromatic nitrogens is 2. The van der Waals surface area contributed by atoms with Crippen molar-refractivity contribution in [2.24, 2.45) is 0 Å². The van der Waals surface area contributed by atoms with E-state index in [1.165, 1.54) is 109 Å². The first-order valence-corrected chi connectivity index (χ1v) is 22.3. The summed E-state index contributed by atoms with van der Waals surface area (Å²) in [6, 6.07) is 68.2. The molecule has 0 N–H and O–H groups in total. The van der Waals surface area contributed by atoms with Crippen molar-refractivity contribution in [2.45, 2.75) is 38.5 Å². The SMILES string of the molecule is CC1(C)c2cc(-c3ccc(-c4nc5ccccc5n4-c4ccc5ccccc5c4)c4ccccc34)ccc2-c2cc3c(cc21)-c1c(cc2ccc4cccc5ccc1c2c45)C3(C)C. The van der Waals surface area contributed by atoms with Crippen LogP contribution in [-0.2, 0) is 10.8 Å². The number of imidazole rings is 1. The van der Waals surface area contributed by atoms with Crippen molar-refractivity contribution >= 4 is 64.9 Å². The highest BCUT2D eigenvalue weighted by Gasteiger charge is 2.42. The Bertz CT molecular complexity index is 3950. The van der Waals surface area contributed by atoms with Crippen molar-refractivity contribution in [3.63, 3.8) is 0 Å². The molecule has 12 aromatic rings. The third-order valence-electron chi connectivity index (χ3n) is 15.1. The molecule has 2 aliphatic rings. The van der Waals surface area contributed by atoms with Gasteiger partial charge in [0.05, 0.1) is 11.0 Å². The second kappa shape index (κ2) is 12.1. The van der Waals surface area contributed by atoms with Crippen LogP contribution in [0.4, 0.5) is 0 Å². The first-order chi connectivity index (χ1) is 30.7. The van der Waals surface area contributed by atoms with E-state index in [-0.39, 0.29) is 10.8 Å². The second-order valence-corrected chi connectivity index (χ2v) is 19.1. The van der Waals surface area contributed by atoms with Gasteiger partial charge in [-0.05, 0) is 164 Å². The van der Waals surface area contributed by atoms with Gasteiger partial charge in [0.1, 0.15) is 5.82 Å². The smallest absolute Gasteiger partial charge is 0.146 e. The van der Waals surface area contributed by atoms with E-state index in [1.807, 2.05) is 0 Å². The van der Waals surface area contributed by atoms with Crippen molar-refractivity contribution in [1.82, 2.24) is 9.55 Å². The Balaban J connectivity index is 0.916. The molecule has 0 saturated carbocycles. The molecule has 0 saturated heterocycles. The van der Waals surface area contributed by atoms with Crippen molar-refractivity contribution < 1.29 is 0 Å². The molecule has 1 aromatic heterocycles. The second-order valence-electron chi connectivity index (χ2n) is 19.1. The van der Waals surface area contributed by atoms with Gasteiger partial charge in [-0.1, -0.05) is 155 Å². The predicted molar refractivity (Wildman–Crippen MR) is 266 cm³/mol. The van der Waals surface area contributed by atoms with Gasteiger partial charge in [0.15, 0.2) is 0 Å². The summed E-state index contributed by atoms with van der Waals surface area (Å²) < 4.78 is 2.34. The molecule has 0 bridgehead atoms.